The second kappa shape index (κ2) is 5.62. The molecule has 3 unspecified atom stereocenters. The van der Waals surface area contributed by atoms with Crippen molar-refractivity contribution in [1.82, 2.24) is 0 Å². The van der Waals surface area contributed by atoms with Crippen LogP contribution in [0.15, 0.2) is 24.3 Å². The number of rotatable bonds is 3. The minimum atomic E-state index is -0.215. The Morgan fingerprint density at radius 3 is 2.68 bits per heavy atom. The van der Waals surface area contributed by atoms with Crippen LogP contribution in [-0.4, -0.2) is 11.2 Å². The fourth-order valence-corrected chi connectivity index (χ4v) is 3.57. The summed E-state index contributed by atoms with van der Waals surface area (Å²) < 4.78 is 13.3. The van der Waals surface area contributed by atoms with Crippen molar-refractivity contribution in [2.45, 2.75) is 52.6 Å². The summed E-state index contributed by atoms with van der Waals surface area (Å²) in [5.74, 6) is 0.759. The molecule has 1 aliphatic rings. The maximum Gasteiger partial charge on any atom is 0.123 e. The van der Waals surface area contributed by atoms with Crippen molar-refractivity contribution in [3.63, 3.8) is 0 Å². The van der Waals surface area contributed by atoms with Crippen LogP contribution in [0.4, 0.5) is 4.39 Å². The van der Waals surface area contributed by atoms with Gasteiger partial charge in [0.05, 0.1) is 6.10 Å². The highest BCUT2D eigenvalue weighted by molar-refractivity contribution is 5.18. The molecule has 0 aliphatic heterocycles. The van der Waals surface area contributed by atoms with E-state index in [0.717, 1.165) is 24.8 Å². The second-order valence-electron chi connectivity index (χ2n) is 6.89. The summed E-state index contributed by atoms with van der Waals surface area (Å²) in [5.41, 5.74) is 1.03. The van der Waals surface area contributed by atoms with Crippen molar-refractivity contribution < 1.29 is 9.50 Å². The van der Waals surface area contributed by atoms with Crippen molar-refractivity contribution in [3.05, 3.63) is 35.6 Å². The van der Waals surface area contributed by atoms with Gasteiger partial charge >= 0.3 is 0 Å². The van der Waals surface area contributed by atoms with E-state index in [2.05, 4.69) is 20.8 Å². The fraction of sp³-hybridized carbons (Fsp3) is 0.647. The Morgan fingerprint density at radius 1 is 1.32 bits per heavy atom. The largest absolute Gasteiger partial charge is 0.393 e. The van der Waals surface area contributed by atoms with E-state index in [1.165, 1.54) is 12.5 Å². The van der Waals surface area contributed by atoms with Gasteiger partial charge in [0.25, 0.3) is 0 Å². The van der Waals surface area contributed by atoms with Gasteiger partial charge in [-0.3, -0.25) is 0 Å². The highest BCUT2D eigenvalue weighted by Crippen LogP contribution is 2.42. The average Bonchev–Trinajstić information content (AvgIpc) is 2.27. The molecule has 0 heterocycles. The first-order valence-electron chi connectivity index (χ1n) is 7.31. The summed E-state index contributed by atoms with van der Waals surface area (Å²) in [7, 11) is 0. The van der Waals surface area contributed by atoms with Crippen molar-refractivity contribution in [1.29, 1.82) is 0 Å². The molecule has 1 aliphatic carbocycles. The van der Waals surface area contributed by atoms with E-state index in [9.17, 15) is 9.50 Å². The number of halogens is 1. The van der Waals surface area contributed by atoms with Crippen LogP contribution in [0.3, 0.4) is 0 Å². The summed E-state index contributed by atoms with van der Waals surface area (Å²) in [4.78, 5) is 0. The Labute approximate surface area is 115 Å². The minimum Gasteiger partial charge on any atom is -0.393 e. The Hall–Kier alpha value is -0.890. The number of benzene rings is 1. The van der Waals surface area contributed by atoms with E-state index < -0.39 is 0 Å². The predicted molar refractivity (Wildman–Crippen MR) is 76.4 cm³/mol. The lowest BCUT2D eigenvalue weighted by molar-refractivity contribution is -0.0125. The molecule has 1 fully saturated rings. The second-order valence-corrected chi connectivity index (χ2v) is 6.89. The van der Waals surface area contributed by atoms with Gasteiger partial charge in [0.15, 0.2) is 0 Å². The summed E-state index contributed by atoms with van der Waals surface area (Å²) in [5, 5.41) is 10.3. The standard InChI is InChI=1S/C17H25FO/c1-12-7-8-15(16(19)9-12)17(2,3)11-13-5-4-6-14(18)10-13/h4-6,10,12,15-16,19H,7-9,11H2,1-3H3. The van der Waals surface area contributed by atoms with Gasteiger partial charge in [0.2, 0.25) is 0 Å². The SMILES string of the molecule is CC1CCC(C(C)(C)Cc2cccc(F)c2)C(O)C1. The van der Waals surface area contributed by atoms with Gasteiger partial charge in [-0.1, -0.05) is 39.3 Å². The molecule has 1 nitrogen and oxygen atoms in total. The third-order valence-electron chi connectivity index (χ3n) is 4.63. The van der Waals surface area contributed by atoms with Gasteiger partial charge in [0.1, 0.15) is 5.82 Å². The van der Waals surface area contributed by atoms with Gasteiger partial charge < -0.3 is 5.11 Å². The molecule has 0 spiro atoms. The van der Waals surface area contributed by atoms with Crippen LogP contribution in [0.2, 0.25) is 0 Å². The van der Waals surface area contributed by atoms with Crippen molar-refractivity contribution >= 4 is 0 Å². The van der Waals surface area contributed by atoms with E-state index in [1.807, 2.05) is 6.07 Å². The molecule has 1 N–H and O–H groups in total. The Morgan fingerprint density at radius 2 is 2.05 bits per heavy atom. The molecule has 0 amide bonds. The molecule has 106 valence electrons. The zero-order chi connectivity index (χ0) is 14.0. The highest BCUT2D eigenvalue weighted by Gasteiger charge is 2.38. The smallest absolute Gasteiger partial charge is 0.123 e. The Bertz CT molecular complexity index is 427. The maximum atomic E-state index is 13.3. The lowest BCUT2D eigenvalue weighted by Crippen LogP contribution is -2.39. The van der Waals surface area contributed by atoms with Gasteiger partial charge in [-0.25, -0.2) is 4.39 Å². The molecule has 1 aromatic rings. The van der Waals surface area contributed by atoms with Crippen LogP contribution < -0.4 is 0 Å². The Kier molecular flexibility index (Phi) is 4.29. The van der Waals surface area contributed by atoms with E-state index in [-0.39, 0.29) is 17.3 Å². The third kappa shape index (κ3) is 3.56. The first-order valence-corrected chi connectivity index (χ1v) is 7.31. The average molecular weight is 264 g/mol. The van der Waals surface area contributed by atoms with Crippen LogP contribution in [0.25, 0.3) is 0 Å². The molecule has 0 bridgehead atoms. The van der Waals surface area contributed by atoms with Gasteiger partial charge in [-0.2, -0.15) is 0 Å². The van der Waals surface area contributed by atoms with E-state index in [0.29, 0.717) is 11.8 Å². The third-order valence-corrected chi connectivity index (χ3v) is 4.63. The predicted octanol–water partition coefficient (Wildman–Crippen LogP) is 4.19. The molecule has 19 heavy (non-hydrogen) atoms. The molecular weight excluding hydrogens is 239 g/mol. The normalized spacial score (nSPS) is 28.4. The van der Waals surface area contributed by atoms with Gasteiger partial charge in [-0.05, 0) is 54.2 Å². The molecule has 0 radical (unpaired) electrons. The van der Waals surface area contributed by atoms with Crippen LogP contribution in [0, 0.1) is 23.1 Å². The quantitative estimate of drug-likeness (QED) is 0.868. The summed E-state index contributed by atoms with van der Waals surface area (Å²) in [6, 6.07) is 6.83. The van der Waals surface area contributed by atoms with Crippen molar-refractivity contribution in [2.24, 2.45) is 17.3 Å². The van der Waals surface area contributed by atoms with Gasteiger partial charge in [0, 0.05) is 0 Å². The lowest BCUT2D eigenvalue weighted by atomic mass is 9.65. The van der Waals surface area contributed by atoms with Crippen LogP contribution in [0.5, 0.6) is 0 Å². The topological polar surface area (TPSA) is 20.2 Å². The minimum absolute atomic E-state index is 0.00729. The molecule has 2 rings (SSSR count). The molecule has 1 saturated carbocycles. The number of aliphatic hydroxyl groups excluding tert-OH is 1. The van der Waals surface area contributed by atoms with Crippen LogP contribution >= 0.6 is 0 Å². The number of hydrogen-bond donors (Lipinski definition) is 1. The van der Waals surface area contributed by atoms with Crippen molar-refractivity contribution in [2.75, 3.05) is 0 Å². The molecular formula is C17H25FO. The molecule has 2 heteroatoms. The summed E-state index contributed by atoms with van der Waals surface area (Å²) in [6.45, 7) is 6.60. The lowest BCUT2D eigenvalue weighted by Gasteiger charge is -2.42. The van der Waals surface area contributed by atoms with E-state index in [4.69, 9.17) is 0 Å². The first kappa shape index (κ1) is 14.5. The highest BCUT2D eigenvalue weighted by atomic mass is 19.1. The number of hydrogen-bond acceptors (Lipinski definition) is 1. The first-order chi connectivity index (χ1) is 8.88. The molecule has 1 aromatic carbocycles. The van der Waals surface area contributed by atoms with Crippen LogP contribution in [-0.2, 0) is 6.42 Å². The molecule has 0 aromatic heterocycles. The molecule has 0 saturated heterocycles. The Balaban J connectivity index is 2.09. The maximum absolute atomic E-state index is 13.3. The zero-order valence-corrected chi connectivity index (χ0v) is 12.2. The zero-order valence-electron chi connectivity index (χ0n) is 12.2. The monoisotopic (exact) mass is 264 g/mol. The summed E-state index contributed by atoms with van der Waals surface area (Å²) >= 11 is 0. The van der Waals surface area contributed by atoms with Crippen molar-refractivity contribution in [3.8, 4) is 0 Å². The van der Waals surface area contributed by atoms with Crippen LogP contribution in [0.1, 0.15) is 45.6 Å². The van der Waals surface area contributed by atoms with E-state index in [1.54, 1.807) is 12.1 Å². The number of aliphatic hydroxyl groups is 1. The molecule has 3 atom stereocenters. The van der Waals surface area contributed by atoms with Gasteiger partial charge in [-0.15, -0.1) is 0 Å². The van der Waals surface area contributed by atoms with E-state index >= 15 is 0 Å². The fourth-order valence-electron chi connectivity index (χ4n) is 3.57. The summed E-state index contributed by atoms with van der Waals surface area (Å²) in [6.07, 6.45) is 3.77.